The van der Waals surface area contributed by atoms with Gasteiger partial charge in [0.25, 0.3) is 0 Å². The van der Waals surface area contributed by atoms with Crippen molar-refractivity contribution in [2.45, 2.75) is 58.4 Å². The van der Waals surface area contributed by atoms with Gasteiger partial charge in [0.1, 0.15) is 0 Å². The van der Waals surface area contributed by atoms with Crippen LogP contribution in [-0.2, 0) is 24.8 Å². The van der Waals surface area contributed by atoms with Gasteiger partial charge >= 0.3 is 6.03 Å². The highest BCUT2D eigenvalue weighted by molar-refractivity contribution is 5.89. The van der Waals surface area contributed by atoms with E-state index in [1.165, 1.54) is 29.7 Å². The third kappa shape index (κ3) is 4.95. The van der Waals surface area contributed by atoms with E-state index in [9.17, 15) is 4.79 Å². The number of fused-ring (bicyclic) bond motifs is 1. The van der Waals surface area contributed by atoms with Crippen LogP contribution >= 0.6 is 0 Å². The van der Waals surface area contributed by atoms with Crippen LogP contribution in [0.4, 0.5) is 10.5 Å². The molecule has 0 saturated carbocycles. The Balaban J connectivity index is 1.37. The first-order valence-electron chi connectivity index (χ1n) is 11.1. The molecular weight excluding hydrogens is 386 g/mol. The van der Waals surface area contributed by atoms with Gasteiger partial charge in [0.05, 0.1) is 12.2 Å². The summed E-state index contributed by atoms with van der Waals surface area (Å²) in [4.78, 5) is 16.5. The molecule has 0 radical (unpaired) electrons. The van der Waals surface area contributed by atoms with Crippen LogP contribution in [0.3, 0.4) is 0 Å². The lowest BCUT2D eigenvalue weighted by molar-refractivity contribution is 0.251. The predicted molar refractivity (Wildman–Crippen MR) is 124 cm³/mol. The van der Waals surface area contributed by atoms with Gasteiger partial charge in [-0.3, -0.25) is 9.67 Å². The Morgan fingerprint density at radius 3 is 2.45 bits per heavy atom. The minimum Gasteiger partial charge on any atom is -0.336 e. The molecule has 0 aliphatic heterocycles. The van der Waals surface area contributed by atoms with Crippen LogP contribution in [0.5, 0.6) is 0 Å². The standard InChI is InChI=1S/C25H31N5O/c1-25(2,3)19-8-10-20(11-9-19)28-24(31)27-16-17-30-22-7-5-4-6-21(22)23(29-30)18-12-14-26-15-13-18/h8-15H,4-7,16-17H2,1-3H3,(H2,27,28,31). The molecule has 3 aromatic rings. The normalized spacial score (nSPS) is 13.5. The van der Waals surface area contributed by atoms with E-state index in [1.807, 2.05) is 36.7 Å². The van der Waals surface area contributed by atoms with Gasteiger partial charge in [-0.25, -0.2) is 4.79 Å². The van der Waals surface area contributed by atoms with Crippen LogP contribution in [0.25, 0.3) is 11.3 Å². The summed E-state index contributed by atoms with van der Waals surface area (Å²) in [6.45, 7) is 7.71. The van der Waals surface area contributed by atoms with Crippen LogP contribution in [-0.4, -0.2) is 27.3 Å². The number of nitrogens with zero attached hydrogens (tertiary/aromatic N) is 3. The van der Waals surface area contributed by atoms with Crippen molar-refractivity contribution < 1.29 is 4.79 Å². The molecule has 4 rings (SSSR count). The van der Waals surface area contributed by atoms with Crippen molar-refractivity contribution in [1.29, 1.82) is 0 Å². The number of carbonyl (C=O) groups is 1. The number of carbonyl (C=O) groups excluding carboxylic acids is 1. The van der Waals surface area contributed by atoms with Gasteiger partial charge in [-0.1, -0.05) is 32.9 Å². The molecule has 6 nitrogen and oxygen atoms in total. The van der Waals surface area contributed by atoms with Crippen molar-refractivity contribution in [3.63, 3.8) is 0 Å². The quantitative estimate of drug-likeness (QED) is 0.617. The molecule has 0 unspecified atom stereocenters. The Bertz CT molecular complexity index is 1030. The fraction of sp³-hybridized carbons (Fsp3) is 0.400. The number of nitrogens with one attached hydrogen (secondary N) is 2. The minimum atomic E-state index is -0.195. The molecule has 162 valence electrons. The van der Waals surface area contributed by atoms with Crippen molar-refractivity contribution in [1.82, 2.24) is 20.1 Å². The fourth-order valence-corrected chi connectivity index (χ4v) is 4.10. The Morgan fingerprint density at radius 2 is 1.74 bits per heavy atom. The van der Waals surface area contributed by atoms with E-state index in [1.54, 1.807) is 0 Å². The van der Waals surface area contributed by atoms with E-state index in [2.05, 4.69) is 53.2 Å². The van der Waals surface area contributed by atoms with Crippen molar-refractivity contribution in [3.8, 4) is 11.3 Å². The second kappa shape index (κ2) is 8.92. The lowest BCUT2D eigenvalue weighted by Gasteiger charge is -2.19. The van der Waals surface area contributed by atoms with Gasteiger partial charge in [0.2, 0.25) is 0 Å². The van der Waals surface area contributed by atoms with Gasteiger partial charge < -0.3 is 10.6 Å². The highest BCUT2D eigenvalue weighted by atomic mass is 16.2. The van der Waals surface area contributed by atoms with E-state index in [0.717, 1.165) is 29.8 Å². The molecule has 6 heteroatoms. The zero-order chi connectivity index (χ0) is 21.8. The largest absolute Gasteiger partial charge is 0.336 e. The minimum absolute atomic E-state index is 0.0960. The summed E-state index contributed by atoms with van der Waals surface area (Å²) in [5, 5.41) is 10.8. The summed E-state index contributed by atoms with van der Waals surface area (Å²) in [6.07, 6.45) is 8.11. The van der Waals surface area contributed by atoms with Gasteiger partial charge in [0.15, 0.2) is 0 Å². The molecule has 0 bridgehead atoms. The molecule has 0 atom stereocenters. The first-order valence-corrected chi connectivity index (χ1v) is 11.1. The molecule has 2 amide bonds. The molecule has 2 N–H and O–H groups in total. The molecule has 1 aliphatic carbocycles. The van der Waals surface area contributed by atoms with Crippen molar-refractivity contribution in [2.75, 3.05) is 11.9 Å². The van der Waals surface area contributed by atoms with E-state index in [4.69, 9.17) is 5.10 Å². The smallest absolute Gasteiger partial charge is 0.319 e. The van der Waals surface area contributed by atoms with E-state index >= 15 is 0 Å². The number of hydrogen-bond acceptors (Lipinski definition) is 3. The summed E-state index contributed by atoms with van der Waals surface area (Å²) < 4.78 is 2.07. The lowest BCUT2D eigenvalue weighted by atomic mass is 9.87. The van der Waals surface area contributed by atoms with Crippen LogP contribution in [0.2, 0.25) is 0 Å². The number of rotatable bonds is 5. The lowest BCUT2D eigenvalue weighted by Crippen LogP contribution is -2.32. The summed E-state index contributed by atoms with van der Waals surface area (Å²) >= 11 is 0. The molecule has 0 spiro atoms. The maximum Gasteiger partial charge on any atom is 0.319 e. The van der Waals surface area contributed by atoms with Crippen molar-refractivity contribution in [3.05, 3.63) is 65.6 Å². The molecule has 0 fully saturated rings. The number of urea groups is 1. The SMILES string of the molecule is CC(C)(C)c1ccc(NC(=O)NCCn2nc(-c3ccncc3)c3c2CCCC3)cc1. The molecule has 2 aromatic heterocycles. The Hall–Kier alpha value is -3.15. The van der Waals surface area contributed by atoms with E-state index < -0.39 is 0 Å². The van der Waals surface area contributed by atoms with Crippen LogP contribution < -0.4 is 10.6 Å². The molecule has 0 saturated heterocycles. The van der Waals surface area contributed by atoms with Crippen LogP contribution in [0.1, 0.15) is 50.4 Å². The van der Waals surface area contributed by atoms with Gasteiger partial charge in [0, 0.05) is 41.4 Å². The van der Waals surface area contributed by atoms with E-state index in [0.29, 0.717) is 13.1 Å². The topological polar surface area (TPSA) is 71.8 Å². The number of anilines is 1. The van der Waals surface area contributed by atoms with E-state index in [-0.39, 0.29) is 11.4 Å². The average Bonchev–Trinajstić information content (AvgIpc) is 3.13. The number of aromatic nitrogens is 3. The Labute approximate surface area is 184 Å². The average molecular weight is 418 g/mol. The zero-order valence-electron chi connectivity index (χ0n) is 18.6. The third-order valence-electron chi connectivity index (χ3n) is 5.83. The summed E-state index contributed by atoms with van der Waals surface area (Å²) in [7, 11) is 0. The van der Waals surface area contributed by atoms with Gasteiger partial charge in [-0.2, -0.15) is 5.10 Å². The highest BCUT2D eigenvalue weighted by Gasteiger charge is 2.21. The van der Waals surface area contributed by atoms with Crippen LogP contribution in [0.15, 0.2) is 48.8 Å². The van der Waals surface area contributed by atoms with Gasteiger partial charge in [-0.15, -0.1) is 0 Å². The monoisotopic (exact) mass is 417 g/mol. The number of amides is 2. The second-order valence-corrected chi connectivity index (χ2v) is 9.15. The first-order chi connectivity index (χ1) is 14.9. The van der Waals surface area contributed by atoms with Crippen molar-refractivity contribution in [2.24, 2.45) is 0 Å². The second-order valence-electron chi connectivity index (χ2n) is 9.15. The summed E-state index contributed by atoms with van der Waals surface area (Å²) in [5.74, 6) is 0. The number of benzene rings is 1. The maximum absolute atomic E-state index is 12.3. The number of hydrogen-bond donors (Lipinski definition) is 2. The Kier molecular flexibility index (Phi) is 6.07. The fourth-order valence-electron chi connectivity index (χ4n) is 4.10. The highest BCUT2D eigenvalue weighted by Crippen LogP contribution is 2.31. The Morgan fingerprint density at radius 1 is 1.03 bits per heavy atom. The molecule has 1 aromatic carbocycles. The number of pyridine rings is 1. The zero-order valence-corrected chi connectivity index (χ0v) is 18.6. The molecule has 2 heterocycles. The predicted octanol–water partition coefficient (Wildman–Crippen LogP) is 4.94. The first kappa shape index (κ1) is 21.1. The van der Waals surface area contributed by atoms with Crippen molar-refractivity contribution >= 4 is 11.7 Å². The summed E-state index contributed by atoms with van der Waals surface area (Å²) in [5.41, 5.74) is 6.95. The van der Waals surface area contributed by atoms with Crippen LogP contribution in [0, 0.1) is 0 Å². The van der Waals surface area contributed by atoms with Gasteiger partial charge in [-0.05, 0) is 60.9 Å². The molecule has 31 heavy (non-hydrogen) atoms. The molecule has 1 aliphatic rings. The summed E-state index contributed by atoms with van der Waals surface area (Å²) in [6, 6.07) is 11.9. The third-order valence-corrected chi connectivity index (χ3v) is 5.83. The molecular formula is C25H31N5O. The maximum atomic E-state index is 12.3.